The minimum atomic E-state index is 0.0498. The molecule has 0 bridgehead atoms. The number of carbonyl (C=O) groups excluding carboxylic acids is 1. The summed E-state index contributed by atoms with van der Waals surface area (Å²) < 4.78 is 0. The molecule has 2 aliphatic rings. The summed E-state index contributed by atoms with van der Waals surface area (Å²) in [4.78, 5) is 11.8. The van der Waals surface area contributed by atoms with Crippen LogP contribution in [0.15, 0.2) is 0 Å². The summed E-state index contributed by atoms with van der Waals surface area (Å²) in [6.45, 7) is 3.20. The smallest absolute Gasteiger partial charge is 0.315 e. The molecule has 0 unspecified atom stereocenters. The molecule has 3 N–H and O–H groups in total. The molecular formula is C14H27N3O. The summed E-state index contributed by atoms with van der Waals surface area (Å²) in [6, 6.07) is 1.50. The van der Waals surface area contributed by atoms with Gasteiger partial charge in [0.1, 0.15) is 0 Å². The number of amides is 2. The van der Waals surface area contributed by atoms with Crippen LogP contribution in [-0.2, 0) is 0 Å². The van der Waals surface area contributed by atoms with Gasteiger partial charge in [0, 0.05) is 18.1 Å². The maximum atomic E-state index is 11.8. The van der Waals surface area contributed by atoms with Crippen molar-refractivity contribution in [1.82, 2.24) is 16.0 Å². The van der Waals surface area contributed by atoms with Crippen molar-refractivity contribution >= 4 is 6.03 Å². The number of hydrogen-bond donors (Lipinski definition) is 3. The lowest BCUT2D eigenvalue weighted by molar-refractivity contribution is 0.225. The predicted octanol–water partition coefficient (Wildman–Crippen LogP) is 2.15. The van der Waals surface area contributed by atoms with Crippen LogP contribution >= 0.6 is 0 Å². The fourth-order valence-electron chi connectivity index (χ4n) is 3.21. The Morgan fingerprint density at radius 3 is 1.94 bits per heavy atom. The lowest BCUT2D eigenvalue weighted by Crippen LogP contribution is -2.48. The zero-order valence-corrected chi connectivity index (χ0v) is 11.5. The van der Waals surface area contributed by atoms with E-state index >= 15 is 0 Å². The van der Waals surface area contributed by atoms with Crippen molar-refractivity contribution in [2.24, 2.45) is 0 Å². The molecule has 0 radical (unpaired) electrons. The number of rotatable bonds is 4. The van der Waals surface area contributed by atoms with Crippen molar-refractivity contribution in [3.63, 3.8) is 0 Å². The Bertz CT molecular complexity index is 256. The second kappa shape index (κ2) is 6.98. The van der Waals surface area contributed by atoms with E-state index < -0.39 is 0 Å². The van der Waals surface area contributed by atoms with Crippen LogP contribution in [-0.4, -0.2) is 30.7 Å². The quantitative estimate of drug-likeness (QED) is 0.719. The minimum Gasteiger partial charge on any atom is -0.335 e. The summed E-state index contributed by atoms with van der Waals surface area (Å²) in [7, 11) is 0. The van der Waals surface area contributed by atoms with Gasteiger partial charge in [0.15, 0.2) is 0 Å². The molecule has 4 heteroatoms. The second-order valence-electron chi connectivity index (χ2n) is 5.71. The van der Waals surface area contributed by atoms with Gasteiger partial charge < -0.3 is 16.0 Å². The largest absolute Gasteiger partial charge is 0.335 e. The third kappa shape index (κ3) is 4.16. The lowest BCUT2D eigenvalue weighted by Gasteiger charge is -2.29. The van der Waals surface area contributed by atoms with Crippen LogP contribution in [0.4, 0.5) is 4.79 Å². The summed E-state index contributed by atoms with van der Waals surface area (Å²) in [5.74, 6) is 0. The van der Waals surface area contributed by atoms with E-state index in [4.69, 9.17) is 0 Å². The molecule has 0 aliphatic heterocycles. The highest BCUT2D eigenvalue weighted by Gasteiger charge is 2.23. The van der Waals surface area contributed by atoms with Gasteiger partial charge in [-0.2, -0.15) is 0 Å². The van der Waals surface area contributed by atoms with Gasteiger partial charge in [-0.3, -0.25) is 0 Å². The fraction of sp³-hybridized carbons (Fsp3) is 0.929. The Kier molecular flexibility index (Phi) is 5.29. The number of urea groups is 1. The molecule has 2 fully saturated rings. The molecule has 2 amide bonds. The van der Waals surface area contributed by atoms with Crippen LogP contribution in [0.5, 0.6) is 0 Å². The normalized spacial score (nSPS) is 29.2. The summed E-state index contributed by atoms with van der Waals surface area (Å²) in [6.07, 6.45) is 9.41. The molecule has 2 aliphatic carbocycles. The highest BCUT2D eigenvalue weighted by molar-refractivity contribution is 5.74. The van der Waals surface area contributed by atoms with E-state index in [0.717, 1.165) is 32.2 Å². The lowest BCUT2D eigenvalue weighted by atomic mass is 9.91. The van der Waals surface area contributed by atoms with Gasteiger partial charge in [0.05, 0.1) is 0 Å². The Morgan fingerprint density at radius 1 is 0.889 bits per heavy atom. The molecule has 2 rings (SSSR count). The maximum absolute atomic E-state index is 11.8. The Balaban J connectivity index is 1.63. The van der Waals surface area contributed by atoms with Crippen LogP contribution in [0.25, 0.3) is 0 Å². The zero-order valence-electron chi connectivity index (χ0n) is 11.5. The van der Waals surface area contributed by atoms with Crippen molar-refractivity contribution in [3.05, 3.63) is 0 Å². The highest BCUT2D eigenvalue weighted by Crippen LogP contribution is 2.19. The summed E-state index contributed by atoms with van der Waals surface area (Å²) >= 11 is 0. The Morgan fingerprint density at radius 2 is 1.39 bits per heavy atom. The molecule has 0 aromatic heterocycles. The number of carbonyl (C=O) groups is 1. The van der Waals surface area contributed by atoms with Crippen molar-refractivity contribution in [1.29, 1.82) is 0 Å². The van der Waals surface area contributed by atoms with Crippen LogP contribution < -0.4 is 16.0 Å². The van der Waals surface area contributed by atoms with Crippen LogP contribution in [0.1, 0.15) is 58.3 Å². The molecule has 0 aromatic carbocycles. The van der Waals surface area contributed by atoms with Crippen LogP contribution in [0.3, 0.4) is 0 Å². The summed E-state index contributed by atoms with van der Waals surface area (Å²) in [5.41, 5.74) is 0. The summed E-state index contributed by atoms with van der Waals surface area (Å²) in [5, 5.41) is 9.72. The molecule has 0 heterocycles. The standard InChI is InChI=1S/C14H27N3O/c1-2-15-11-7-9-13(10-8-11)17-14(18)16-12-5-3-4-6-12/h11-13,15H,2-10H2,1H3,(H2,16,17,18). The number of hydrogen-bond acceptors (Lipinski definition) is 2. The van der Waals surface area contributed by atoms with Gasteiger partial charge in [-0.1, -0.05) is 19.8 Å². The third-order valence-electron chi connectivity index (χ3n) is 4.25. The van der Waals surface area contributed by atoms with Gasteiger partial charge in [-0.25, -0.2) is 4.79 Å². The SMILES string of the molecule is CCNC1CCC(NC(=O)NC2CCCC2)CC1. The average molecular weight is 253 g/mol. The maximum Gasteiger partial charge on any atom is 0.315 e. The zero-order chi connectivity index (χ0) is 12.8. The van der Waals surface area contributed by atoms with Gasteiger partial charge in [0.25, 0.3) is 0 Å². The molecule has 0 aromatic rings. The first-order valence-corrected chi connectivity index (χ1v) is 7.58. The topological polar surface area (TPSA) is 53.2 Å². The average Bonchev–Trinajstić information content (AvgIpc) is 2.84. The molecule has 18 heavy (non-hydrogen) atoms. The minimum absolute atomic E-state index is 0.0498. The molecule has 104 valence electrons. The van der Waals surface area contributed by atoms with E-state index in [2.05, 4.69) is 22.9 Å². The van der Waals surface area contributed by atoms with Crippen molar-refractivity contribution in [2.45, 2.75) is 76.4 Å². The van der Waals surface area contributed by atoms with Crippen LogP contribution in [0.2, 0.25) is 0 Å². The molecular weight excluding hydrogens is 226 g/mol. The van der Waals surface area contributed by atoms with E-state index in [-0.39, 0.29) is 6.03 Å². The van der Waals surface area contributed by atoms with Crippen molar-refractivity contribution in [2.75, 3.05) is 6.54 Å². The highest BCUT2D eigenvalue weighted by atomic mass is 16.2. The molecule has 4 nitrogen and oxygen atoms in total. The van der Waals surface area contributed by atoms with E-state index in [1.165, 1.54) is 25.7 Å². The van der Waals surface area contributed by atoms with E-state index in [1.54, 1.807) is 0 Å². The first-order chi connectivity index (χ1) is 8.78. The predicted molar refractivity (Wildman–Crippen MR) is 73.6 cm³/mol. The molecule has 0 spiro atoms. The van der Waals surface area contributed by atoms with Gasteiger partial charge >= 0.3 is 6.03 Å². The van der Waals surface area contributed by atoms with Crippen molar-refractivity contribution in [3.8, 4) is 0 Å². The fourth-order valence-corrected chi connectivity index (χ4v) is 3.21. The molecule has 0 atom stereocenters. The second-order valence-corrected chi connectivity index (χ2v) is 5.71. The monoisotopic (exact) mass is 253 g/mol. The van der Waals surface area contributed by atoms with Crippen molar-refractivity contribution < 1.29 is 4.79 Å². The van der Waals surface area contributed by atoms with Gasteiger partial charge in [-0.05, 0) is 45.1 Å². The van der Waals surface area contributed by atoms with E-state index in [9.17, 15) is 4.79 Å². The first kappa shape index (κ1) is 13.7. The Labute approximate surface area is 110 Å². The van der Waals surface area contributed by atoms with Crippen LogP contribution in [0, 0.1) is 0 Å². The number of nitrogens with one attached hydrogen (secondary N) is 3. The van der Waals surface area contributed by atoms with E-state index in [0.29, 0.717) is 18.1 Å². The third-order valence-corrected chi connectivity index (χ3v) is 4.25. The van der Waals surface area contributed by atoms with Gasteiger partial charge in [0.2, 0.25) is 0 Å². The van der Waals surface area contributed by atoms with E-state index in [1.807, 2.05) is 0 Å². The first-order valence-electron chi connectivity index (χ1n) is 7.58. The molecule has 0 saturated heterocycles. The molecule has 2 saturated carbocycles. The Hall–Kier alpha value is -0.770. The van der Waals surface area contributed by atoms with Gasteiger partial charge in [-0.15, -0.1) is 0 Å².